The van der Waals surface area contributed by atoms with Crippen molar-refractivity contribution in [2.24, 2.45) is 0 Å². The van der Waals surface area contributed by atoms with Gasteiger partial charge in [-0.3, -0.25) is 19.2 Å². The molecule has 4 amide bonds. The molecule has 2 N–H and O–H groups in total. The van der Waals surface area contributed by atoms with E-state index in [1.807, 2.05) is 0 Å². The van der Waals surface area contributed by atoms with Gasteiger partial charge in [0.2, 0.25) is 23.6 Å². The molecule has 0 bridgehead atoms. The summed E-state index contributed by atoms with van der Waals surface area (Å²) in [5.74, 6) is -9.66. The van der Waals surface area contributed by atoms with Gasteiger partial charge in [-0.15, -0.1) is 0 Å². The summed E-state index contributed by atoms with van der Waals surface area (Å²) < 4.78 is 0. The fourth-order valence-electron chi connectivity index (χ4n) is 3.47. The molecule has 0 saturated carbocycles. The second kappa shape index (κ2) is 30.1. The van der Waals surface area contributed by atoms with Gasteiger partial charge in [-0.05, 0) is 25.7 Å². The summed E-state index contributed by atoms with van der Waals surface area (Å²) in [5, 5.41) is 49.3. The molecule has 44 heavy (non-hydrogen) atoms. The van der Waals surface area contributed by atoms with Gasteiger partial charge in [0, 0.05) is 38.8 Å². The van der Waals surface area contributed by atoms with Gasteiger partial charge in [-0.25, -0.2) is 0 Å². The second-order valence-electron chi connectivity index (χ2n) is 8.83. The van der Waals surface area contributed by atoms with Crippen LogP contribution in [-0.2, 0) is 38.4 Å². The average molecular weight is 663 g/mol. The third-order valence-electron chi connectivity index (χ3n) is 5.47. The molecule has 0 heterocycles. The number of carboxylic acids is 4. The van der Waals surface area contributed by atoms with E-state index in [4.69, 9.17) is 0 Å². The predicted octanol–water partition coefficient (Wildman–Crippen LogP) is -18.2. The predicted molar refractivity (Wildman–Crippen MR) is 125 cm³/mol. The van der Waals surface area contributed by atoms with E-state index >= 15 is 0 Å². The fourth-order valence-corrected chi connectivity index (χ4v) is 3.47. The quantitative estimate of drug-likeness (QED) is 0.109. The van der Waals surface area contributed by atoms with Crippen LogP contribution in [0.1, 0.15) is 65.2 Å². The third-order valence-corrected chi connectivity index (χ3v) is 5.47. The summed E-state index contributed by atoms with van der Waals surface area (Å²) in [6.07, 6.45) is -1.02. The summed E-state index contributed by atoms with van der Waals surface area (Å²) in [6.45, 7) is 0.413. The zero-order chi connectivity index (χ0) is 30.8. The molecular formula is C24H34N4Na4O12. The zero-order valence-corrected chi connectivity index (χ0v) is 34.4. The van der Waals surface area contributed by atoms with Gasteiger partial charge < -0.3 is 60.0 Å². The molecule has 0 aliphatic heterocycles. The number of carbonyl (C=O) groups is 8. The fraction of sp³-hybridized carbons (Fsp3) is 0.667. The van der Waals surface area contributed by atoms with Crippen molar-refractivity contribution in [2.45, 2.75) is 77.3 Å². The Kier molecular flexibility index (Phi) is 36.5. The van der Waals surface area contributed by atoms with Gasteiger partial charge in [-0.1, -0.05) is 13.8 Å². The van der Waals surface area contributed by atoms with E-state index in [1.54, 1.807) is 13.8 Å². The molecule has 0 aromatic carbocycles. The number of hydrogen-bond acceptors (Lipinski definition) is 12. The molecule has 0 aromatic rings. The van der Waals surface area contributed by atoms with Crippen LogP contribution in [0.3, 0.4) is 0 Å². The van der Waals surface area contributed by atoms with E-state index < -0.39 is 111 Å². The summed E-state index contributed by atoms with van der Waals surface area (Å²) in [6, 6.07) is -3.06. The van der Waals surface area contributed by atoms with Crippen LogP contribution < -0.4 is 149 Å². The standard InChI is InChI=1S/C24H38N4O12.4Na/c1-3-5-17(29)25-15(23(37)38)7-9-19(31)27(13-21(33)34)11-12-28(14-22(35)36)20(32)10-8-16(24(39)40)26-18(30)6-4-2;;;;/h15-16H,3-14H2,1-2H3,(H,25,29)(H,26,30)(H,33,34)(H,35,36)(H,37,38)(H,39,40);;;;/q;4*+1/p-4. The molecule has 226 valence electrons. The maximum Gasteiger partial charge on any atom is 1.00 e. The van der Waals surface area contributed by atoms with Crippen molar-refractivity contribution in [1.29, 1.82) is 0 Å². The Balaban J connectivity index is -0.00000127. The smallest absolute Gasteiger partial charge is 0.548 e. The molecule has 0 saturated heterocycles. The first kappa shape index (κ1) is 53.3. The van der Waals surface area contributed by atoms with Crippen LogP contribution in [0.25, 0.3) is 0 Å². The Morgan fingerprint density at radius 2 is 0.841 bits per heavy atom. The normalized spacial score (nSPS) is 10.9. The first-order valence-corrected chi connectivity index (χ1v) is 12.7. The van der Waals surface area contributed by atoms with Crippen LogP contribution in [0.2, 0.25) is 0 Å². The van der Waals surface area contributed by atoms with Crippen LogP contribution in [0.5, 0.6) is 0 Å². The van der Waals surface area contributed by atoms with Crippen LogP contribution in [0, 0.1) is 0 Å². The number of aliphatic carboxylic acids is 4. The molecule has 0 aliphatic rings. The van der Waals surface area contributed by atoms with Gasteiger partial charge >= 0.3 is 118 Å². The van der Waals surface area contributed by atoms with Crippen molar-refractivity contribution in [1.82, 2.24) is 20.4 Å². The van der Waals surface area contributed by atoms with E-state index in [0.29, 0.717) is 22.6 Å². The van der Waals surface area contributed by atoms with Crippen LogP contribution in [-0.4, -0.2) is 95.6 Å². The van der Waals surface area contributed by atoms with Crippen molar-refractivity contribution in [3.8, 4) is 0 Å². The number of carboxylic acid groups (broad SMARTS) is 4. The van der Waals surface area contributed by atoms with Crippen molar-refractivity contribution in [2.75, 3.05) is 26.2 Å². The molecule has 0 radical (unpaired) electrons. The first-order valence-electron chi connectivity index (χ1n) is 12.7. The maximum atomic E-state index is 12.6. The molecule has 0 aromatic heterocycles. The van der Waals surface area contributed by atoms with Gasteiger partial charge in [0.25, 0.3) is 0 Å². The summed E-state index contributed by atoms with van der Waals surface area (Å²) in [5.41, 5.74) is 0. The van der Waals surface area contributed by atoms with Crippen LogP contribution >= 0.6 is 0 Å². The number of hydrogen-bond donors (Lipinski definition) is 2. The minimum Gasteiger partial charge on any atom is -0.548 e. The van der Waals surface area contributed by atoms with Crippen LogP contribution in [0.4, 0.5) is 0 Å². The Morgan fingerprint density at radius 1 is 0.545 bits per heavy atom. The molecule has 2 atom stereocenters. The molecule has 2 unspecified atom stereocenters. The average Bonchev–Trinajstić information content (AvgIpc) is 2.84. The summed E-state index contributed by atoms with van der Waals surface area (Å²) in [7, 11) is 0. The van der Waals surface area contributed by atoms with Crippen molar-refractivity contribution in [3.05, 3.63) is 0 Å². The molecule has 16 nitrogen and oxygen atoms in total. The van der Waals surface area contributed by atoms with Crippen molar-refractivity contribution >= 4 is 47.5 Å². The SMILES string of the molecule is CCCC(=O)NC(CCC(=O)N(CCN(CC(=O)[O-])C(=O)CCC(NC(=O)CCC)C(=O)[O-])CC(=O)[O-])C(=O)[O-].[Na+].[Na+].[Na+].[Na+]. The van der Waals surface area contributed by atoms with E-state index in [1.165, 1.54) is 0 Å². The first-order chi connectivity index (χ1) is 18.7. The summed E-state index contributed by atoms with van der Waals surface area (Å²) in [4.78, 5) is 95.0. The maximum absolute atomic E-state index is 12.6. The largest absolute Gasteiger partial charge is 1.00 e. The van der Waals surface area contributed by atoms with E-state index in [9.17, 15) is 58.8 Å². The Morgan fingerprint density at radius 3 is 1.07 bits per heavy atom. The van der Waals surface area contributed by atoms with Crippen LogP contribution in [0.15, 0.2) is 0 Å². The molecule has 0 rings (SSSR count). The number of carbonyl (C=O) groups excluding carboxylic acids is 8. The van der Waals surface area contributed by atoms with E-state index in [2.05, 4.69) is 10.6 Å². The number of rotatable bonds is 21. The summed E-state index contributed by atoms with van der Waals surface area (Å²) >= 11 is 0. The Hall–Kier alpha value is -0.240. The molecule has 20 heteroatoms. The third kappa shape index (κ3) is 24.9. The molecule has 0 aliphatic carbocycles. The zero-order valence-electron chi connectivity index (χ0n) is 26.4. The molecular weight excluding hydrogens is 628 g/mol. The molecule has 0 spiro atoms. The van der Waals surface area contributed by atoms with Gasteiger partial charge in [0.1, 0.15) is 0 Å². The number of nitrogens with one attached hydrogen (secondary N) is 2. The van der Waals surface area contributed by atoms with Gasteiger partial charge in [0.05, 0.1) is 49.1 Å². The number of nitrogens with zero attached hydrogens (tertiary/aromatic N) is 2. The number of amides is 4. The Bertz CT molecular complexity index is 884. The Labute approximate surface area is 344 Å². The van der Waals surface area contributed by atoms with Crippen molar-refractivity contribution in [3.63, 3.8) is 0 Å². The van der Waals surface area contributed by atoms with Crippen molar-refractivity contribution < 1.29 is 177 Å². The topological polar surface area (TPSA) is 259 Å². The van der Waals surface area contributed by atoms with E-state index in [-0.39, 0.29) is 131 Å². The van der Waals surface area contributed by atoms with E-state index in [0.717, 1.165) is 0 Å². The second-order valence-corrected chi connectivity index (χ2v) is 8.83. The van der Waals surface area contributed by atoms with Gasteiger partial charge in [0.15, 0.2) is 0 Å². The minimum atomic E-state index is -1.70. The van der Waals surface area contributed by atoms with Gasteiger partial charge in [-0.2, -0.15) is 0 Å². The molecule has 0 fully saturated rings. The monoisotopic (exact) mass is 662 g/mol. The minimum absolute atomic E-state index is 0.